The lowest BCUT2D eigenvalue weighted by atomic mass is 10.1. The second-order valence-electron chi connectivity index (χ2n) is 7.52. The molecular weight excluding hydrogens is 344 g/mol. The SMILES string of the molecule is Cc1c(C(=O)N2CCC[C@H]2c2nc(C(C)C)no2)c2cc(O)ccc2n1C. The number of phenols is 1. The van der Waals surface area contributed by atoms with Gasteiger partial charge in [0.15, 0.2) is 5.82 Å². The van der Waals surface area contributed by atoms with E-state index in [0.29, 0.717) is 23.8 Å². The van der Waals surface area contributed by atoms with E-state index in [1.54, 1.807) is 12.1 Å². The first-order valence-electron chi connectivity index (χ1n) is 9.31. The van der Waals surface area contributed by atoms with E-state index in [2.05, 4.69) is 10.1 Å². The van der Waals surface area contributed by atoms with Crippen molar-refractivity contribution in [2.45, 2.75) is 45.6 Å². The Morgan fingerprint density at radius 2 is 2.15 bits per heavy atom. The third-order valence-corrected chi connectivity index (χ3v) is 5.46. The summed E-state index contributed by atoms with van der Waals surface area (Å²) in [4.78, 5) is 19.8. The lowest BCUT2D eigenvalue weighted by Crippen LogP contribution is -2.31. The molecule has 0 unspecified atom stereocenters. The van der Waals surface area contributed by atoms with E-state index in [9.17, 15) is 9.90 Å². The van der Waals surface area contributed by atoms with Gasteiger partial charge in [-0.3, -0.25) is 4.79 Å². The Hall–Kier alpha value is -2.83. The maximum absolute atomic E-state index is 13.5. The number of hydrogen-bond donors (Lipinski definition) is 1. The van der Waals surface area contributed by atoms with Crippen molar-refractivity contribution < 1.29 is 14.4 Å². The fourth-order valence-corrected chi connectivity index (χ4v) is 3.86. The third kappa shape index (κ3) is 2.78. The van der Waals surface area contributed by atoms with Crippen LogP contribution in [0.25, 0.3) is 10.9 Å². The van der Waals surface area contributed by atoms with Crippen molar-refractivity contribution in [2.24, 2.45) is 7.05 Å². The van der Waals surface area contributed by atoms with Gasteiger partial charge in [0.05, 0.1) is 5.56 Å². The first-order chi connectivity index (χ1) is 12.9. The van der Waals surface area contributed by atoms with Crippen molar-refractivity contribution in [1.29, 1.82) is 0 Å². The minimum absolute atomic E-state index is 0.0597. The van der Waals surface area contributed by atoms with Gasteiger partial charge in [-0.2, -0.15) is 4.98 Å². The molecule has 1 atom stereocenters. The van der Waals surface area contributed by atoms with Gasteiger partial charge in [-0.1, -0.05) is 19.0 Å². The number of phenolic OH excluding ortho intramolecular Hbond substituents is 1. The Morgan fingerprint density at radius 1 is 1.37 bits per heavy atom. The molecule has 0 aliphatic carbocycles. The van der Waals surface area contributed by atoms with Crippen molar-refractivity contribution in [2.75, 3.05) is 6.54 Å². The Labute approximate surface area is 157 Å². The number of aryl methyl sites for hydroxylation is 1. The Kier molecular flexibility index (Phi) is 4.17. The monoisotopic (exact) mass is 368 g/mol. The van der Waals surface area contributed by atoms with Crippen LogP contribution in [-0.2, 0) is 7.05 Å². The highest BCUT2D eigenvalue weighted by Gasteiger charge is 2.36. The van der Waals surface area contributed by atoms with Gasteiger partial charge in [-0.05, 0) is 38.0 Å². The predicted molar refractivity (Wildman–Crippen MR) is 101 cm³/mol. The number of hydrogen-bond acceptors (Lipinski definition) is 5. The average molecular weight is 368 g/mol. The average Bonchev–Trinajstić information content (AvgIpc) is 3.34. The van der Waals surface area contributed by atoms with Crippen molar-refractivity contribution in [3.8, 4) is 5.75 Å². The summed E-state index contributed by atoms with van der Waals surface area (Å²) in [5.74, 6) is 1.44. The quantitative estimate of drug-likeness (QED) is 0.762. The lowest BCUT2D eigenvalue weighted by Gasteiger charge is -2.22. The standard InChI is InChI=1S/C20H24N4O3/c1-11(2)18-21-19(27-22-18)16-6-5-9-24(16)20(26)17-12(3)23(4)15-8-7-13(25)10-14(15)17/h7-8,10-11,16,25H,5-6,9H2,1-4H3/t16-/m0/s1. The fraction of sp³-hybridized carbons (Fsp3) is 0.450. The molecule has 3 heterocycles. The van der Waals surface area contributed by atoms with E-state index in [1.165, 1.54) is 0 Å². The number of benzene rings is 1. The minimum atomic E-state index is -0.204. The molecule has 7 heteroatoms. The summed E-state index contributed by atoms with van der Waals surface area (Å²) >= 11 is 0. The smallest absolute Gasteiger partial charge is 0.256 e. The molecule has 142 valence electrons. The zero-order chi connectivity index (χ0) is 19.3. The lowest BCUT2D eigenvalue weighted by molar-refractivity contribution is 0.0711. The maximum atomic E-state index is 13.5. The van der Waals surface area contributed by atoms with Crippen molar-refractivity contribution in [3.63, 3.8) is 0 Å². The highest BCUT2D eigenvalue weighted by atomic mass is 16.5. The summed E-state index contributed by atoms with van der Waals surface area (Å²) < 4.78 is 7.45. The van der Waals surface area contributed by atoms with Crippen LogP contribution in [0.5, 0.6) is 5.75 Å². The van der Waals surface area contributed by atoms with E-state index in [1.807, 2.05) is 43.4 Å². The van der Waals surface area contributed by atoms with Crippen LogP contribution in [0.4, 0.5) is 0 Å². The summed E-state index contributed by atoms with van der Waals surface area (Å²) in [6, 6.07) is 4.93. The highest BCUT2D eigenvalue weighted by molar-refractivity contribution is 6.09. The number of nitrogens with zero attached hydrogens (tertiary/aromatic N) is 4. The number of aromatic hydroxyl groups is 1. The van der Waals surface area contributed by atoms with E-state index in [4.69, 9.17) is 4.52 Å². The molecule has 27 heavy (non-hydrogen) atoms. The molecule has 4 rings (SSSR count). The first-order valence-corrected chi connectivity index (χ1v) is 9.31. The van der Waals surface area contributed by atoms with Crippen LogP contribution >= 0.6 is 0 Å². The molecule has 2 aromatic heterocycles. The second kappa shape index (κ2) is 6.40. The molecule has 0 bridgehead atoms. The van der Waals surface area contributed by atoms with Gasteiger partial charge >= 0.3 is 0 Å². The zero-order valence-electron chi connectivity index (χ0n) is 16.1. The number of amides is 1. The maximum Gasteiger partial charge on any atom is 0.256 e. The van der Waals surface area contributed by atoms with Gasteiger partial charge in [0.25, 0.3) is 5.91 Å². The molecule has 1 fully saturated rings. The predicted octanol–water partition coefficient (Wildman–Crippen LogP) is 3.68. The molecule has 0 spiro atoms. The van der Waals surface area contributed by atoms with Crippen molar-refractivity contribution >= 4 is 16.8 Å². The normalized spacial score (nSPS) is 17.4. The van der Waals surface area contributed by atoms with Crippen LogP contribution in [0.3, 0.4) is 0 Å². The van der Waals surface area contributed by atoms with Crippen LogP contribution < -0.4 is 0 Å². The summed E-state index contributed by atoms with van der Waals surface area (Å²) in [6.07, 6.45) is 1.70. The van der Waals surface area contributed by atoms with Crippen molar-refractivity contribution in [1.82, 2.24) is 19.6 Å². The first kappa shape index (κ1) is 17.6. The van der Waals surface area contributed by atoms with E-state index in [-0.39, 0.29) is 23.6 Å². The molecule has 1 aliphatic rings. The number of fused-ring (bicyclic) bond motifs is 1. The van der Waals surface area contributed by atoms with Crippen LogP contribution in [0, 0.1) is 6.92 Å². The topological polar surface area (TPSA) is 84.4 Å². The van der Waals surface area contributed by atoms with Gasteiger partial charge in [0.1, 0.15) is 11.8 Å². The molecule has 3 aromatic rings. The number of aromatic nitrogens is 3. The van der Waals surface area contributed by atoms with Crippen LogP contribution in [-0.4, -0.2) is 37.2 Å². The number of likely N-dealkylation sites (tertiary alicyclic amines) is 1. The van der Waals surface area contributed by atoms with Gasteiger partial charge in [-0.25, -0.2) is 0 Å². The number of carbonyl (C=O) groups excluding carboxylic acids is 1. The molecule has 0 saturated carbocycles. The Balaban J connectivity index is 1.74. The van der Waals surface area contributed by atoms with E-state index in [0.717, 1.165) is 29.4 Å². The molecule has 1 amide bonds. The van der Waals surface area contributed by atoms with Gasteiger partial charge in [-0.15, -0.1) is 0 Å². The second-order valence-corrected chi connectivity index (χ2v) is 7.52. The highest BCUT2D eigenvalue weighted by Crippen LogP contribution is 2.36. The summed E-state index contributed by atoms with van der Waals surface area (Å²) in [7, 11) is 1.93. The minimum Gasteiger partial charge on any atom is -0.508 e. The van der Waals surface area contributed by atoms with Gasteiger partial charge in [0.2, 0.25) is 5.89 Å². The van der Waals surface area contributed by atoms with Gasteiger partial charge < -0.3 is 19.1 Å². The van der Waals surface area contributed by atoms with Crippen LogP contribution in [0.15, 0.2) is 22.7 Å². The molecular formula is C20H24N4O3. The third-order valence-electron chi connectivity index (χ3n) is 5.46. The van der Waals surface area contributed by atoms with E-state index < -0.39 is 0 Å². The van der Waals surface area contributed by atoms with Crippen LogP contribution in [0.1, 0.15) is 66.4 Å². The molecule has 0 radical (unpaired) electrons. The molecule has 1 aliphatic heterocycles. The Morgan fingerprint density at radius 3 is 2.85 bits per heavy atom. The molecule has 7 nitrogen and oxygen atoms in total. The van der Waals surface area contributed by atoms with Crippen molar-refractivity contribution in [3.05, 3.63) is 41.2 Å². The number of rotatable bonds is 3. The van der Waals surface area contributed by atoms with Gasteiger partial charge in [0, 0.05) is 36.1 Å². The zero-order valence-corrected chi connectivity index (χ0v) is 16.1. The Bertz CT molecular complexity index is 1020. The molecule has 1 N–H and O–H groups in total. The summed E-state index contributed by atoms with van der Waals surface area (Å²) in [5.41, 5.74) is 2.42. The summed E-state index contributed by atoms with van der Waals surface area (Å²) in [5, 5.41) is 14.7. The van der Waals surface area contributed by atoms with E-state index >= 15 is 0 Å². The largest absolute Gasteiger partial charge is 0.508 e. The summed E-state index contributed by atoms with van der Waals surface area (Å²) in [6.45, 7) is 6.60. The molecule has 1 saturated heterocycles. The number of carbonyl (C=O) groups is 1. The molecule has 1 aromatic carbocycles. The fourth-order valence-electron chi connectivity index (χ4n) is 3.86. The van der Waals surface area contributed by atoms with Crippen LogP contribution in [0.2, 0.25) is 0 Å².